The molecule has 0 fully saturated rings. The second kappa shape index (κ2) is 7.61. The number of ether oxygens (including phenoxy) is 1. The maximum absolute atomic E-state index is 12.0. The van der Waals surface area contributed by atoms with Crippen LogP contribution in [0, 0.1) is 13.8 Å². The fourth-order valence-electron chi connectivity index (χ4n) is 2.24. The van der Waals surface area contributed by atoms with Crippen molar-refractivity contribution in [3.8, 4) is 0 Å². The highest BCUT2D eigenvalue weighted by Crippen LogP contribution is 2.17. The standard InChI is InChI=1S/C15H21N5O3S/c1-8(2)16-12(21)7-23-13(22)6-11-9(3)17-14-18-15(24-5)19-20(14)10(11)4/h8H,6-7H2,1-5H3,(H,16,21). The smallest absolute Gasteiger partial charge is 0.310 e. The average Bonchev–Trinajstić information content (AvgIpc) is 2.92. The average molecular weight is 351 g/mol. The Morgan fingerprint density at radius 2 is 2.00 bits per heavy atom. The fraction of sp³-hybridized carbons (Fsp3) is 0.533. The van der Waals surface area contributed by atoms with Gasteiger partial charge in [-0.15, -0.1) is 5.10 Å². The number of hydrogen-bond donors (Lipinski definition) is 1. The van der Waals surface area contributed by atoms with Crippen LogP contribution in [0.5, 0.6) is 0 Å². The monoisotopic (exact) mass is 351 g/mol. The van der Waals surface area contributed by atoms with Crippen molar-refractivity contribution >= 4 is 29.4 Å². The molecule has 0 saturated heterocycles. The van der Waals surface area contributed by atoms with Crippen molar-refractivity contribution in [3.05, 3.63) is 17.0 Å². The predicted octanol–water partition coefficient (Wildman–Crippen LogP) is 1.07. The Balaban J connectivity index is 2.11. The lowest BCUT2D eigenvalue weighted by Gasteiger charge is -2.11. The molecule has 2 rings (SSSR count). The van der Waals surface area contributed by atoms with Crippen molar-refractivity contribution in [2.24, 2.45) is 0 Å². The van der Waals surface area contributed by atoms with Gasteiger partial charge in [-0.25, -0.2) is 9.50 Å². The summed E-state index contributed by atoms with van der Waals surface area (Å²) in [5, 5.41) is 7.62. The van der Waals surface area contributed by atoms with Gasteiger partial charge < -0.3 is 10.1 Å². The van der Waals surface area contributed by atoms with E-state index in [9.17, 15) is 9.59 Å². The van der Waals surface area contributed by atoms with Gasteiger partial charge in [-0.1, -0.05) is 11.8 Å². The number of thioether (sulfide) groups is 1. The van der Waals surface area contributed by atoms with E-state index in [0.717, 1.165) is 11.3 Å². The lowest BCUT2D eigenvalue weighted by atomic mass is 10.1. The zero-order chi connectivity index (χ0) is 17.9. The van der Waals surface area contributed by atoms with E-state index in [0.29, 0.717) is 16.6 Å². The van der Waals surface area contributed by atoms with Gasteiger partial charge in [0, 0.05) is 23.0 Å². The second-order valence-electron chi connectivity index (χ2n) is 5.63. The number of aryl methyl sites for hydroxylation is 2. The Morgan fingerprint density at radius 3 is 2.62 bits per heavy atom. The van der Waals surface area contributed by atoms with Crippen LogP contribution >= 0.6 is 11.8 Å². The largest absolute Gasteiger partial charge is 0.455 e. The molecule has 1 amide bonds. The van der Waals surface area contributed by atoms with Crippen LogP contribution in [0.1, 0.15) is 30.8 Å². The molecule has 0 aromatic carbocycles. The van der Waals surface area contributed by atoms with E-state index in [1.807, 2.05) is 34.0 Å². The van der Waals surface area contributed by atoms with E-state index in [1.54, 1.807) is 4.52 Å². The van der Waals surface area contributed by atoms with Crippen molar-refractivity contribution in [2.45, 2.75) is 45.3 Å². The molecule has 0 atom stereocenters. The van der Waals surface area contributed by atoms with Crippen LogP contribution in [0.4, 0.5) is 0 Å². The number of esters is 1. The highest BCUT2D eigenvalue weighted by atomic mass is 32.2. The van der Waals surface area contributed by atoms with Crippen molar-refractivity contribution in [3.63, 3.8) is 0 Å². The molecule has 0 bridgehead atoms. The Hall–Kier alpha value is -2.16. The van der Waals surface area contributed by atoms with Gasteiger partial charge in [-0.2, -0.15) is 4.98 Å². The summed E-state index contributed by atoms with van der Waals surface area (Å²) in [6.45, 7) is 7.07. The van der Waals surface area contributed by atoms with E-state index in [4.69, 9.17) is 4.74 Å². The van der Waals surface area contributed by atoms with Gasteiger partial charge in [0.05, 0.1) is 6.42 Å². The minimum absolute atomic E-state index is 0.00486. The molecule has 0 aliphatic carbocycles. The minimum atomic E-state index is -0.480. The Bertz CT molecular complexity index is 772. The minimum Gasteiger partial charge on any atom is -0.455 e. The molecule has 0 saturated carbocycles. The van der Waals surface area contributed by atoms with E-state index in [1.165, 1.54) is 11.8 Å². The molecule has 2 aromatic rings. The number of nitrogens with zero attached hydrogens (tertiary/aromatic N) is 4. The molecule has 0 radical (unpaired) electrons. The van der Waals surface area contributed by atoms with Crippen LogP contribution in [-0.2, 0) is 20.7 Å². The third-order valence-electron chi connectivity index (χ3n) is 3.35. The number of hydrogen-bond acceptors (Lipinski definition) is 7. The van der Waals surface area contributed by atoms with Gasteiger partial charge in [-0.05, 0) is 34.0 Å². The molecule has 9 heteroatoms. The summed E-state index contributed by atoms with van der Waals surface area (Å²) < 4.78 is 6.65. The summed E-state index contributed by atoms with van der Waals surface area (Å²) in [4.78, 5) is 32.2. The van der Waals surface area contributed by atoms with E-state index in [2.05, 4.69) is 20.4 Å². The lowest BCUT2D eigenvalue weighted by molar-refractivity contribution is -0.148. The zero-order valence-corrected chi connectivity index (χ0v) is 15.2. The SMILES string of the molecule is CSc1nc2nc(C)c(CC(=O)OCC(=O)NC(C)C)c(C)n2n1. The highest BCUT2D eigenvalue weighted by Gasteiger charge is 2.17. The van der Waals surface area contributed by atoms with Crippen LogP contribution in [0.2, 0.25) is 0 Å². The zero-order valence-electron chi connectivity index (χ0n) is 14.4. The number of carbonyl (C=O) groups is 2. The number of aromatic nitrogens is 4. The van der Waals surface area contributed by atoms with Gasteiger partial charge in [-0.3, -0.25) is 9.59 Å². The first-order valence-electron chi connectivity index (χ1n) is 7.53. The molecule has 0 unspecified atom stereocenters. The van der Waals surface area contributed by atoms with Gasteiger partial charge in [0.15, 0.2) is 6.61 Å². The van der Waals surface area contributed by atoms with Gasteiger partial charge >= 0.3 is 5.97 Å². The molecule has 130 valence electrons. The quantitative estimate of drug-likeness (QED) is 0.614. The number of rotatable bonds is 6. The van der Waals surface area contributed by atoms with Crippen molar-refractivity contribution < 1.29 is 14.3 Å². The van der Waals surface area contributed by atoms with Crippen molar-refractivity contribution in [1.29, 1.82) is 0 Å². The number of amides is 1. The summed E-state index contributed by atoms with van der Waals surface area (Å²) in [6.07, 6.45) is 1.92. The molecule has 2 heterocycles. The van der Waals surface area contributed by atoms with Crippen LogP contribution in [0.3, 0.4) is 0 Å². The van der Waals surface area contributed by atoms with Crippen LogP contribution < -0.4 is 5.32 Å². The number of fused-ring (bicyclic) bond motifs is 1. The maximum Gasteiger partial charge on any atom is 0.310 e. The summed E-state index contributed by atoms with van der Waals surface area (Å²) >= 11 is 1.43. The first-order valence-corrected chi connectivity index (χ1v) is 8.76. The molecule has 0 aliphatic heterocycles. The Labute approximate surface area is 144 Å². The van der Waals surface area contributed by atoms with E-state index < -0.39 is 5.97 Å². The predicted molar refractivity (Wildman–Crippen MR) is 90.0 cm³/mol. The molecule has 0 spiro atoms. The molecular weight excluding hydrogens is 330 g/mol. The summed E-state index contributed by atoms with van der Waals surface area (Å²) in [6, 6.07) is 0.00486. The van der Waals surface area contributed by atoms with Crippen molar-refractivity contribution in [1.82, 2.24) is 24.9 Å². The third kappa shape index (κ3) is 4.22. The van der Waals surface area contributed by atoms with E-state index in [-0.39, 0.29) is 25.0 Å². The summed E-state index contributed by atoms with van der Waals surface area (Å²) in [5.41, 5.74) is 2.21. The third-order valence-corrected chi connectivity index (χ3v) is 3.89. The summed E-state index contributed by atoms with van der Waals surface area (Å²) in [5.74, 6) is -0.296. The van der Waals surface area contributed by atoms with E-state index >= 15 is 0 Å². The fourth-order valence-corrected chi connectivity index (χ4v) is 2.57. The first kappa shape index (κ1) is 18.2. The molecular formula is C15H21N5O3S. The van der Waals surface area contributed by atoms with Gasteiger partial charge in [0.2, 0.25) is 5.16 Å². The topological polar surface area (TPSA) is 98.5 Å². The van der Waals surface area contributed by atoms with Gasteiger partial charge in [0.25, 0.3) is 11.7 Å². The first-order chi connectivity index (χ1) is 11.3. The molecule has 1 N–H and O–H groups in total. The Kier molecular flexibility index (Phi) is 5.76. The van der Waals surface area contributed by atoms with Crippen LogP contribution in [0.25, 0.3) is 5.78 Å². The van der Waals surface area contributed by atoms with Gasteiger partial charge in [0.1, 0.15) is 0 Å². The Morgan fingerprint density at radius 1 is 1.29 bits per heavy atom. The normalized spacial score (nSPS) is 11.1. The molecule has 0 aliphatic rings. The molecule has 8 nitrogen and oxygen atoms in total. The lowest BCUT2D eigenvalue weighted by Crippen LogP contribution is -2.34. The molecule has 2 aromatic heterocycles. The summed E-state index contributed by atoms with van der Waals surface area (Å²) in [7, 11) is 0. The number of carbonyl (C=O) groups excluding carboxylic acids is 2. The highest BCUT2D eigenvalue weighted by molar-refractivity contribution is 7.98. The maximum atomic E-state index is 12.0. The van der Waals surface area contributed by atoms with Crippen LogP contribution in [-0.4, -0.2) is 50.4 Å². The second-order valence-corrected chi connectivity index (χ2v) is 6.40. The molecule has 24 heavy (non-hydrogen) atoms. The van der Waals surface area contributed by atoms with Crippen molar-refractivity contribution in [2.75, 3.05) is 12.9 Å². The van der Waals surface area contributed by atoms with Crippen LogP contribution in [0.15, 0.2) is 5.16 Å². The number of nitrogens with one attached hydrogen (secondary N) is 1.